The molecule has 0 radical (unpaired) electrons. The van der Waals surface area contributed by atoms with Crippen LogP contribution in [0.4, 0.5) is 0 Å². The number of nitrogens with zero attached hydrogens (tertiary/aromatic N) is 3. The summed E-state index contributed by atoms with van der Waals surface area (Å²) < 4.78 is 2.43. The molecule has 0 bridgehead atoms. The van der Waals surface area contributed by atoms with E-state index in [0.717, 1.165) is 33.4 Å². The van der Waals surface area contributed by atoms with Gasteiger partial charge in [0.25, 0.3) is 0 Å². The van der Waals surface area contributed by atoms with E-state index in [2.05, 4.69) is 177 Å². The Hall–Kier alpha value is -7.02. The second kappa shape index (κ2) is 13.1. The summed E-state index contributed by atoms with van der Waals surface area (Å²) >= 11 is 0. The van der Waals surface area contributed by atoms with Gasteiger partial charge in [-0.05, 0) is 143 Å². The summed E-state index contributed by atoms with van der Waals surface area (Å²) in [6.45, 7) is 8.69. The number of hydrogen-bond acceptors (Lipinski definition) is 2. The minimum absolute atomic E-state index is 0.0892. The molecule has 0 fully saturated rings. The Balaban J connectivity index is 1.26. The molecule has 10 rings (SSSR count). The highest BCUT2D eigenvalue weighted by Crippen LogP contribution is 2.52. The van der Waals surface area contributed by atoms with E-state index in [1.165, 1.54) is 77.5 Å². The van der Waals surface area contributed by atoms with Crippen molar-refractivity contribution < 1.29 is 0 Å². The Morgan fingerprint density at radius 1 is 0.482 bits per heavy atom. The number of benzene rings is 7. The van der Waals surface area contributed by atoms with Crippen LogP contribution in [0.5, 0.6) is 0 Å². The maximum atomic E-state index is 10.8. The first-order valence-electron chi connectivity index (χ1n) is 19.3. The molecule has 1 unspecified atom stereocenters. The average Bonchev–Trinajstić information content (AvgIpc) is 3.73. The van der Waals surface area contributed by atoms with Gasteiger partial charge < -0.3 is 4.57 Å². The van der Waals surface area contributed by atoms with E-state index < -0.39 is 0 Å². The van der Waals surface area contributed by atoms with Gasteiger partial charge in [-0.2, -0.15) is 5.26 Å². The van der Waals surface area contributed by atoms with Gasteiger partial charge in [-0.15, -0.1) is 0 Å². The number of hydrogen-bond donors (Lipinski definition) is 0. The monoisotopic (exact) mass is 717 g/mol. The molecular formula is C53H39N3. The highest BCUT2D eigenvalue weighted by Gasteiger charge is 2.33. The topological polar surface area (TPSA) is 41.6 Å². The largest absolute Gasteiger partial charge is 0.309 e. The van der Waals surface area contributed by atoms with E-state index in [1.54, 1.807) is 12.4 Å². The van der Waals surface area contributed by atoms with Gasteiger partial charge in [-0.3, -0.25) is 4.98 Å². The molecule has 1 aliphatic carbocycles. The first-order chi connectivity index (χ1) is 27.4. The number of aryl methyl sites for hydroxylation is 4. The van der Waals surface area contributed by atoms with Gasteiger partial charge in [-0.1, -0.05) is 108 Å². The smallest absolute Gasteiger partial charge is 0.0998 e. The molecule has 56 heavy (non-hydrogen) atoms. The fourth-order valence-electron chi connectivity index (χ4n) is 9.27. The van der Waals surface area contributed by atoms with Crippen molar-refractivity contribution in [2.75, 3.05) is 0 Å². The van der Waals surface area contributed by atoms with Crippen molar-refractivity contribution in [1.82, 2.24) is 9.55 Å². The lowest BCUT2D eigenvalue weighted by molar-refractivity contribution is 0.981. The van der Waals surface area contributed by atoms with E-state index in [9.17, 15) is 5.26 Å². The quantitative estimate of drug-likeness (QED) is 0.178. The number of pyridine rings is 1. The van der Waals surface area contributed by atoms with Crippen LogP contribution >= 0.6 is 0 Å². The number of rotatable bonds is 5. The maximum absolute atomic E-state index is 10.8. The molecule has 0 N–H and O–H groups in total. The van der Waals surface area contributed by atoms with Crippen molar-refractivity contribution in [3.05, 3.63) is 202 Å². The van der Waals surface area contributed by atoms with Gasteiger partial charge in [0, 0.05) is 34.6 Å². The molecule has 0 saturated heterocycles. The first kappa shape index (κ1) is 33.5. The lowest BCUT2D eigenvalue weighted by atomic mass is 9.84. The van der Waals surface area contributed by atoms with Crippen LogP contribution in [0.1, 0.15) is 50.4 Å². The van der Waals surface area contributed by atoms with Gasteiger partial charge in [-0.25, -0.2) is 0 Å². The third-order valence-corrected chi connectivity index (χ3v) is 11.8. The first-order valence-corrected chi connectivity index (χ1v) is 19.3. The molecule has 266 valence electrons. The molecule has 2 heterocycles. The summed E-state index contributed by atoms with van der Waals surface area (Å²) in [6, 6.07) is 55.8. The van der Waals surface area contributed by atoms with Crippen molar-refractivity contribution in [2.24, 2.45) is 0 Å². The molecular weight excluding hydrogens is 679 g/mol. The van der Waals surface area contributed by atoms with Crippen LogP contribution < -0.4 is 0 Å². The van der Waals surface area contributed by atoms with E-state index >= 15 is 0 Å². The predicted molar refractivity (Wildman–Crippen MR) is 231 cm³/mol. The Morgan fingerprint density at radius 2 is 1.12 bits per heavy atom. The van der Waals surface area contributed by atoms with Crippen LogP contribution in [0.25, 0.3) is 72.0 Å². The Bertz CT molecular complexity index is 3090. The molecule has 3 heteroatoms. The second-order valence-electron chi connectivity index (χ2n) is 15.3. The van der Waals surface area contributed by atoms with Crippen molar-refractivity contribution in [3.8, 4) is 56.3 Å². The Kier molecular flexibility index (Phi) is 7.83. The molecule has 1 atom stereocenters. The zero-order valence-electron chi connectivity index (χ0n) is 31.9. The standard InChI is InChI=1S/C53H39N3/c1-32-13-17-40(34(3)25-32)37-15-19-45-47(27-37)42-9-5-6-11-44(42)53(45)49-29-39(31-54)46(36-21-23-55-24-22-36)30-52(49)56-50-12-8-7-10-43(50)48-28-38(16-20-51(48)56)41-18-14-33(2)26-35(41)4/h5-30,53H,1-4H3. The van der Waals surface area contributed by atoms with Gasteiger partial charge in [0.05, 0.1) is 28.4 Å². The Labute approximate surface area is 327 Å². The summed E-state index contributed by atoms with van der Waals surface area (Å²) in [5.74, 6) is -0.0892. The predicted octanol–water partition coefficient (Wildman–Crippen LogP) is 13.4. The van der Waals surface area contributed by atoms with Gasteiger partial charge in [0.2, 0.25) is 0 Å². The molecule has 2 aromatic heterocycles. The van der Waals surface area contributed by atoms with Gasteiger partial charge >= 0.3 is 0 Å². The molecule has 0 spiro atoms. The van der Waals surface area contributed by atoms with Crippen LogP contribution in [0.3, 0.4) is 0 Å². The van der Waals surface area contributed by atoms with E-state index in [1.807, 2.05) is 12.1 Å². The zero-order chi connectivity index (χ0) is 38.1. The van der Waals surface area contributed by atoms with Crippen LogP contribution in [-0.2, 0) is 0 Å². The van der Waals surface area contributed by atoms with E-state index in [0.29, 0.717) is 5.56 Å². The third kappa shape index (κ3) is 5.29. The molecule has 0 amide bonds. The summed E-state index contributed by atoms with van der Waals surface area (Å²) in [5.41, 5.74) is 21.9. The number of nitriles is 1. The Morgan fingerprint density at radius 3 is 1.86 bits per heavy atom. The van der Waals surface area contributed by atoms with Crippen molar-refractivity contribution in [1.29, 1.82) is 5.26 Å². The molecule has 0 aliphatic heterocycles. The van der Waals surface area contributed by atoms with Crippen molar-refractivity contribution >= 4 is 21.8 Å². The normalized spacial score (nSPS) is 13.2. The van der Waals surface area contributed by atoms with Crippen molar-refractivity contribution in [2.45, 2.75) is 33.6 Å². The molecule has 3 nitrogen and oxygen atoms in total. The molecule has 9 aromatic rings. The minimum atomic E-state index is -0.0892. The van der Waals surface area contributed by atoms with E-state index in [-0.39, 0.29) is 5.92 Å². The molecule has 1 aliphatic rings. The van der Waals surface area contributed by atoms with Crippen LogP contribution in [0.15, 0.2) is 158 Å². The summed E-state index contributed by atoms with van der Waals surface area (Å²) in [6.07, 6.45) is 3.60. The number of aromatic nitrogens is 2. The minimum Gasteiger partial charge on any atom is -0.309 e. The van der Waals surface area contributed by atoms with Crippen LogP contribution in [-0.4, -0.2) is 9.55 Å². The summed E-state index contributed by atoms with van der Waals surface area (Å²) in [7, 11) is 0. The molecule has 0 saturated carbocycles. The van der Waals surface area contributed by atoms with Crippen molar-refractivity contribution in [3.63, 3.8) is 0 Å². The highest BCUT2D eigenvalue weighted by molar-refractivity contribution is 6.11. The second-order valence-corrected chi connectivity index (χ2v) is 15.3. The summed E-state index contributed by atoms with van der Waals surface area (Å²) in [5, 5.41) is 13.2. The fourth-order valence-corrected chi connectivity index (χ4v) is 9.27. The fraction of sp³-hybridized carbons (Fsp3) is 0.0943. The van der Waals surface area contributed by atoms with Crippen LogP contribution in [0, 0.1) is 39.0 Å². The lowest BCUT2D eigenvalue weighted by Crippen LogP contribution is -2.08. The van der Waals surface area contributed by atoms with E-state index in [4.69, 9.17) is 0 Å². The van der Waals surface area contributed by atoms with Gasteiger partial charge in [0.1, 0.15) is 0 Å². The third-order valence-electron chi connectivity index (χ3n) is 11.8. The lowest BCUT2D eigenvalue weighted by Gasteiger charge is -2.23. The number of para-hydroxylation sites is 1. The van der Waals surface area contributed by atoms with Crippen LogP contribution in [0.2, 0.25) is 0 Å². The number of fused-ring (bicyclic) bond motifs is 6. The average molecular weight is 718 g/mol. The SMILES string of the molecule is Cc1ccc(-c2ccc3c(c2)-c2ccccc2C3c2cc(C#N)c(-c3ccncc3)cc2-n2c3ccccc3c3cc(-c4ccc(C)cc4C)ccc32)c(C)c1. The molecule has 7 aromatic carbocycles. The highest BCUT2D eigenvalue weighted by atomic mass is 15.0. The van der Waals surface area contributed by atoms with Gasteiger partial charge in [0.15, 0.2) is 0 Å². The summed E-state index contributed by atoms with van der Waals surface area (Å²) in [4.78, 5) is 4.31. The maximum Gasteiger partial charge on any atom is 0.0998 e. The zero-order valence-corrected chi connectivity index (χ0v) is 31.9.